The lowest BCUT2D eigenvalue weighted by Gasteiger charge is -2.02. The van der Waals surface area contributed by atoms with Crippen molar-refractivity contribution in [3.8, 4) is 0 Å². The van der Waals surface area contributed by atoms with Crippen LogP contribution < -0.4 is 5.48 Å². The number of rotatable bonds is 3. The SMILES string of the molecule is CNOS(=O)c1cnccc1C. The van der Waals surface area contributed by atoms with Crippen LogP contribution in [-0.2, 0) is 15.4 Å². The molecule has 0 fully saturated rings. The number of aryl methyl sites for hydroxylation is 1. The number of nitrogens with one attached hydrogen (secondary N) is 1. The summed E-state index contributed by atoms with van der Waals surface area (Å²) in [6, 6.07) is 1.78. The summed E-state index contributed by atoms with van der Waals surface area (Å²) >= 11 is -1.47. The summed E-state index contributed by atoms with van der Waals surface area (Å²) < 4.78 is 15.9. The summed E-state index contributed by atoms with van der Waals surface area (Å²) in [5.74, 6) is 0. The van der Waals surface area contributed by atoms with Gasteiger partial charge in [-0.3, -0.25) is 4.98 Å². The lowest BCUT2D eigenvalue weighted by molar-refractivity contribution is 0.252. The van der Waals surface area contributed by atoms with E-state index in [1.54, 1.807) is 19.3 Å². The molecule has 0 aromatic carbocycles. The van der Waals surface area contributed by atoms with Crippen molar-refractivity contribution in [3.63, 3.8) is 0 Å². The smallest absolute Gasteiger partial charge is 0.208 e. The fourth-order valence-corrected chi connectivity index (χ4v) is 1.46. The van der Waals surface area contributed by atoms with Crippen LogP contribution in [0.4, 0.5) is 0 Å². The molecular weight excluding hydrogens is 176 g/mol. The minimum absolute atomic E-state index is 0.590. The predicted molar refractivity (Wildman–Crippen MR) is 45.5 cm³/mol. The van der Waals surface area contributed by atoms with E-state index in [-0.39, 0.29) is 0 Å². The van der Waals surface area contributed by atoms with Gasteiger partial charge in [0.15, 0.2) is 0 Å². The Morgan fingerprint density at radius 1 is 1.67 bits per heavy atom. The number of hydroxylamine groups is 1. The van der Waals surface area contributed by atoms with E-state index in [0.717, 1.165) is 5.56 Å². The second-order valence-corrected chi connectivity index (χ2v) is 3.24. The zero-order valence-electron chi connectivity index (χ0n) is 6.90. The van der Waals surface area contributed by atoms with Gasteiger partial charge in [0.2, 0.25) is 11.1 Å². The highest BCUT2D eigenvalue weighted by Gasteiger charge is 2.06. The molecule has 0 aliphatic heterocycles. The van der Waals surface area contributed by atoms with E-state index >= 15 is 0 Å². The van der Waals surface area contributed by atoms with Crippen LogP contribution in [0.3, 0.4) is 0 Å². The minimum Gasteiger partial charge on any atom is -0.263 e. The first-order valence-electron chi connectivity index (χ1n) is 3.42. The maximum absolute atomic E-state index is 11.3. The Morgan fingerprint density at radius 2 is 2.42 bits per heavy atom. The molecule has 1 N–H and O–H groups in total. The largest absolute Gasteiger partial charge is 0.263 e. The predicted octanol–water partition coefficient (Wildman–Crippen LogP) is 0.564. The molecular formula is C7H10N2O2S. The highest BCUT2D eigenvalue weighted by Crippen LogP contribution is 2.10. The van der Waals surface area contributed by atoms with Crippen molar-refractivity contribution < 1.29 is 8.49 Å². The highest BCUT2D eigenvalue weighted by atomic mass is 32.2. The molecule has 4 nitrogen and oxygen atoms in total. The van der Waals surface area contributed by atoms with E-state index in [1.807, 2.05) is 6.92 Å². The third kappa shape index (κ3) is 2.10. The number of pyridine rings is 1. The van der Waals surface area contributed by atoms with Crippen LogP contribution in [0.25, 0.3) is 0 Å². The quantitative estimate of drug-likeness (QED) is 0.701. The minimum atomic E-state index is -1.47. The van der Waals surface area contributed by atoms with Crippen LogP contribution in [0.1, 0.15) is 5.56 Å². The van der Waals surface area contributed by atoms with E-state index < -0.39 is 11.1 Å². The molecule has 66 valence electrons. The molecule has 0 saturated carbocycles. The van der Waals surface area contributed by atoms with Gasteiger partial charge in [0.25, 0.3) is 0 Å². The molecule has 0 saturated heterocycles. The van der Waals surface area contributed by atoms with E-state index in [4.69, 9.17) is 4.28 Å². The Hall–Kier alpha value is -0.780. The molecule has 0 bridgehead atoms. The normalized spacial score (nSPS) is 12.8. The molecule has 5 heteroatoms. The van der Waals surface area contributed by atoms with Gasteiger partial charge < -0.3 is 0 Å². The molecule has 1 rings (SSSR count). The third-order valence-corrected chi connectivity index (χ3v) is 2.43. The molecule has 1 aromatic rings. The Balaban J connectivity index is 2.87. The van der Waals surface area contributed by atoms with Crippen molar-refractivity contribution in [1.29, 1.82) is 0 Å². The van der Waals surface area contributed by atoms with Gasteiger partial charge in [0.05, 0.1) is 4.90 Å². The van der Waals surface area contributed by atoms with E-state index in [0.29, 0.717) is 4.90 Å². The van der Waals surface area contributed by atoms with Crippen LogP contribution in [0, 0.1) is 6.92 Å². The molecule has 1 heterocycles. The molecule has 0 spiro atoms. The average molecular weight is 186 g/mol. The highest BCUT2D eigenvalue weighted by molar-refractivity contribution is 7.80. The maximum Gasteiger partial charge on any atom is 0.208 e. The summed E-state index contributed by atoms with van der Waals surface area (Å²) in [6.07, 6.45) is 3.18. The first kappa shape index (κ1) is 9.31. The zero-order chi connectivity index (χ0) is 8.97. The van der Waals surface area contributed by atoms with Gasteiger partial charge in [-0.1, -0.05) is 0 Å². The first-order valence-corrected chi connectivity index (χ1v) is 4.49. The van der Waals surface area contributed by atoms with Gasteiger partial charge in [-0.25, -0.2) is 4.21 Å². The van der Waals surface area contributed by atoms with Gasteiger partial charge in [0.1, 0.15) is 0 Å². The summed E-state index contributed by atoms with van der Waals surface area (Å²) in [5, 5.41) is 0. The van der Waals surface area contributed by atoms with Crippen LogP contribution in [0.2, 0.25) is 0 Å². The molecule has 0 radical (unpaired) electrons. The number of aromatic nitrogens is 1. The molecule has 12 heavy (non-hydrogen) atoms. The van der Waals surface area contributed by atoms with E-state index in [1.165, 1.54) is 6.20 Å². The first-order chi connectivity index (χ1) is 5.75. The van der Waals surface area contributed by atoms with Crippen molar-refractivity contribution >= 4 is 11.1 Å². The Labute approximate surface area is 73.6 Å². The van der Waals surface area contributed by atoms with Crippen molar-refractivity contribution in [2.75, 3.05) is 7.05 Å². The van der Waals surface area contributed by atoms with Crippen LogP contribution in [0.5, 0.6) is 0 Å². The maximum atomic E-state index is 11.3. The van der Waals surface area contributed by atoms with Crippen molar-refractivity contribution in [2.45, 2.75) is 11.8 Å². The topological polar surface area (TPSA) is 51.2 Å². The lowest BCUT2D eigenvalue weighted by Crippen LogP contribution is -2.11. The second-order valence-electron chi connectivity index (χ2n) is 2.16. The molecule has 1 unspecified atom stereocenters. The van der Waals surface area contributed by atoms with Crippen molar-refractivity contribution in [2.24, 2.45) is 0 Å². The fraction of sp³-hybridized carbons (Fsp3) is 0.286. The molecule has 0 aliphatic carbocycles. The molecule has 0 aliphatic rings. The Bertz CT molecular complexity index is 290. The fourth-order valence-electron chi connectivity index (χ4n) is 0.745. The van der Waals surface area contributed by atoms with Crippen molar-refractivity contribution in [3.05, 3.63) is 24.0 Å². The van der Waals surface area contributed by atoms with Gasteiger partial charge in [-0.15, -0.1) is 0 Å². The van der Waals surface area contributed by atoms with Gasteiger partial charge in [-0.05, 0) is 18.6 Å². The Morgan fingerprint density at radius 3 is 3.00 bits per heavy atom. The number of hydrogen-bond donors (Lipinski definition) is 1. The monoisotopic (exact) mass is 186 g/mol. The third-order valence-electron chi connectivity index (χ3n) is 1.33. The zero-order valence-corrected chi connectivity index (χ0v) is 7.72. The summed E-state index contributed by atoms with van der Waals surface area (Å²) in [7, 11) is 1.56. The van der Waals surface area contributed by atoms with Crippen LogP contribution >= 0.6 is 0 Å². The lowest BCUT2D eigenvalue weighted by atomic mass is 10.3. The van der Waals surface area contributed by atoms with Gasteiger partial charge >= 0.3 is 0 Å². The number of hydrogen-bond acceptors (Lipinski definition) is 4. The summed E-state index contributed by atoms with van der Waals surface area (Å²) in [5.41, 5.74) is 3.27. The molecule has 0 amide bonds. The van der Waals surface area contributed by atoms with Gasteiger partial charge in [0, 0.05) is 19.4 Å². The van der Waals surface area contributed by atoms with E-state index in [9.17, 15) is 4.21 Å². The number of nitrogens with zero attached hydrogens (tertiary/aromatic N) is 1. The van der Waals surface area contributed by atoms with Crippen LogP contribution in [-0.4, -0.2) is 16.2 Å². The molecule has 1 atom stereocenters. The van der Waals surface area contributed by atoms with Gasteiger partial charge in [-0.2, -0.15) is 9.76 Å². The second kappa shape index (κ2) is 4.30. The Kier molecular flexibility index (Phi) is 3.33. The van der Waals surface area contributed by atoms with Crippen molar-refractivity contribution in [1.82, 2.24) is 10.5 Å². The molecule has 1 aromatic heterocycles. The summed E-state index contributed by atoms with van der Waals surface area (Å²) in [4.78, 5) is 4.44. The standard InChI is InChI=1S/C7H10N2O2S/c1-6-3-4-9-5-7(6)12(10)11-8-2/h3-5,8H,1-2H3. The van der Waals surface area contributed by atoms with Crippen LogP contribution in [0.15, 0.2) is 23.4 Å². The summed E-state index contributed by atoms with van der Waals surface area (Å²) in [6.45, 7) is 1.86. The average Bonchev–Trinajstić information content (AvgIpc) is 2.05. The van der Waals surface area contributed by atoms with E-state index in [2.05, 4.69) is 10.5 Å².